The van der Waals surface area contributed by atoms with Crippen LogP contribution in [0, 0.1) is 11.3 Å². The minimum Gasteiger partial charge on any atom is -0.483 e. The summed E-state index contributed by atoms with van der Waals surface area (Å²) in [6, 6.07) is 30.9. The van der Waals surface area contributed by atoms with Crippen molar-refractivity contribution >= 4 is 47.1 Å². The zero-order chi connectivity index (χ0) is 60.8. The van der Waals surface area contributed by atoms with Crippen molar-refractivity contribution in [1.82, 2.24) is 30.8 Å². The van der Waals surface area contributed by atoms with Crippen molar-refractivity contribution in [2.24, 2.45) is 0 Å². The number of benzene rings is 3. The highest BCUT2D eigenvalue weighted by Gasteiger charge is 2.46. The van der Waals surface area contributed by atoms with E-state index in [1.54, 1.807) is 18.5 Å². The van der Waals surface area contributed by atoms with Crippen LogP contribution in [-0.2, 0) is 49.3 Å². The van der Waals surface area contributed by atoms with E-state index in [4.69, 9.17) is 43.2 Å². The zero-order valence-corrected chi connectivity index (χ0v) is 49.0. The monoisotopic (exact) mass is 1200 g/mol. The molecule has 3 aliphatic rings. The van der Waals surface area contributed by atoms with Gasteiger partial charge < -0.3 is 53.8 Å². The van der Waals surface area contributed by atoms with E-state index in [0.29, 0.717) is 123 Å². The number of fused-ring (bicyclic) bond motifs is 1. The molecule has 7 amide bonds. The highest BCUT2D eigenvalue weighted by molar-refractivity contribution is 6.24. The maximum absolute atomic E-state index is 13.9. The Morgan fingerprint density at radius 2 is 1.30 bits per heavy atom. The largest absolute Gasteiger partial charge is 0.483 e. The van der Waals surface area contributed by atoms with Crippen molar-refractivity contribution in [2.45, 2.75) is 88.9 Å². The predicted molar refractivity (Wildman–Crippen MR) is 320 cm³/mol. The molecule has 4 heterocycles. The van der Waals surface area contributed by atoms with Gasteiger partial charge in [-0.1, -0.05) is 48.5 Å². The topological polar surface area (TPSA) is 280 Å². The number of unbranched alkanes of at least 4 members (excludes halogenated alkanes) is 2. The van der Waals surface area contributed by atoms with Crippen molar-refractivity contribution in [3.63, 3.8) is 0 Å². The van der Waals surface area contributed by atoms with Crippen molar-refractivity contribution < 1.29 is 66.7 Å². The van der Waals surface area contributed by atoms with Crippen molar-refractivity contribution in [2.75, 3.05) is 109 Å². The molecule has 23 nitrogen and oxygen atoms in total. The molecule has 87 heavy (non-hydrogen) atoms. The number of nitrogens with zero attached hydrogens (tertiary/aromatic N) is 5. The summed E-state index contributed by atoms with van der Waals surface area (Å²) in [6.07, 6.45) is 9.80. The minimum atomic E-state index is -1.10. The van der Waals surface area contributed by atoms with Gasteiger partial charge in [0.15, 0.2) is 6.61 Å². The van der Waals surface area contributed by atoms with Crippen LogP contribution in [-0.4, -0.2) is 168 Å². The summed E-state index contributed by atoms with van der Waals surface area (Å²) in [6.45, 7) is 6.50. The number of rotatable bonds is 37. The molecule has 3 aromatic carbocycles. The van der Waals surface area contributed by atoms with Crippen LogP contribution in [0.5, 0.6) is 11.6 Å². The Hall–Kier alpha value is -8.37. The molecule has 2 aliphatic heterocycles. The fourth-order valence-corrected chi connectivity index (χ4v) is 10.1. The van der Waals surface area contributed by atoms with E-state index in [9.17, 15) is 28.8 Å². The van der Waals surface area contributed by atoms with E-state index in [0.717, 1.165) is 71.6 Å². The molecule has 1 unspecified atom stereocenters. The number of carbonyl (C=O) groups is 6. The highest BCUT2D eigenvalue weighted by Crippen LogP contribution is 2.35. The van der Waals surface area contributed by atoms with Crippen LogP contribution in [0.1, 0.15) is 96.1 Å². The van der Waals surface area contributed by atoms with Crippen LogP contribution in [0.2, 0.25) is 0 Å². The Bertz CT molecular complexity index is 3050. The summed E-state index contributed by atoms with van der Waals surface area (Å²) < 4.78 is 45.4. The number of imide groups is 2. The van der Waals surface area contributed by atoms with E-state index >= 15 is 0 Å². The summed E-state index contributed by atoms with van der Waals surface area (Å²) in [5.74, 6) is -1.62. The van der Waals surface area contributed by atoms with Crippen LogP contribution in [0.25, 0.3) is 11.1 Å². The number of piperidine rings is 1. The molecule has 5 aromatic rings. The number of anilines is 2. The SMILES string of the molecule is N#Cc1ccc(N[C@H]2CC[C@H](N(C(=O)NCc3ccccc3)c3ccc(-c4ccnc(OCCOCCCCOCCOCCOCCOCCOCCCCNC(=O)COc5cccc6c5C(=O)N(C5CCC(=O)NC5=O)C6=O)c4)cc3)CC2)nc1. The van der Waals surface area contributed by atoms with Gasteiger partial charge >= 0.3 is 6.03 Å². The van der Waals surface area contributed by atoms with Gasteiger partial charge in [-0.15, -0.1) is 0 Å². The van der Waals surface area contributed by atoms with Gasteiger partial charge in [-0.05, 0) is 117 Å². The molecule has 0 spiro atoms. The average molecular weight is 1200 g/mol. The average Bonchev–Trinajstić information content (AvgIpc) is 1.89. The Morgan fingerprint density at radius 3 is 1.94 bits per heavy atom. The lowest BCUT2D eigenvalue weighted by Crippen LogP contribution is -2.54. The van der Waals surface area contributed by atoms with Gasteiger partial charge in [0.1, 0.15) is 30.3 Å². The molecule has 23 heteroatoms. The summed E-state index contributed by atoms with van der Waals surface area (Å²) in [4.78, 5) is 88.1. The molecule has 4 N–H and O–H groups in total. The van der Waals surface area contributed by atoms with E-state index in [2.05, 4.69) is 37.3 Å². The molecule has 1 saturated heterocycles. The Labute approximate surface area is 506 Å². The summed E-state index contributed by atoms with van der Waals surface area (Å²) in [5, 5.41) is 20.7. The molecule has 0 bridgehead atoms. The molecule has 1 saturated carbocycles. The smallest absolute Gasteiger partial charge is 0.322 e. The summed E-state index contributed by atoms with van der Waals surface area (Å²) >= 11 is 0. The number of nitriles is 1. The van der Waals surface area contributed by atoms with Crippen molar-refractivity contribution in [3.05, 3.63) is 132 Å². The molecular formula is C64H77N9O14. The summed E-state index contributed by atoms with van der Waals surface area (Å²) in [7, 11) is 0. The van der Waals surface area contributed by atoms with Gasteiger partial charge in [-0.2, -0.15) is 5.26 Å². The van der Waals surface area contributed by atoms with Crippen molar-refractivity contribution in [3.8, 4) is 28.8 Å². The third-order valence-electron chi connectivity index (χ3n) is 14.6. The first kappa shape index (κ1) is 64.6. The van der Waals surface area contributed by atoms with Crippen LogP contribution in [0.15, 0.2) is 109 Å². The van der Waals surface area contributed by atoms with Gasteiger partial charge in [0, 0.05) is 75.6 Å². The number of urea groups is 1. The lowest BCUT2D eigenvalue weighted by atomic mass is 9.89. The standard InChI is InChI=1S/C64H77N9O14/c65-42-47-13-23-56(68-44-47)70-50-16-20-52(21-17-50)72(64(79)69-43-46-9-2-1-3-10-46)51-18-14-48(15-19-51)49-25-27-67-59(41-49)86-40-39-82-30-7-6-29-81-32-34-84-36-38-85-37-35-83-33-31-80-28-5-4-26-66-58(75)45-87-55-12-8-11-53-60(55)63(78)73(62(53)77)54-22-24-57(74)71-61(54)76/h1-3,8-15,18-19,23,25,27,41,44,50,52,54H,4-7,16-17,20-22,24,26,28-40,43,45H2,(H,66,75)(H,68,70)(H,69,79)(H,71,74,76)/t50-,52-,54?. The fourth-order valence-electron chi connectivity index (χ4n) is 10.1. The molecular weight excluding hydrogens is 1120 g/mol. The van der Waals surface area contributed by atoms with Crippen LogP contribution in [0.4, 0.5) is 16.3 Å². The maximum Gasteiger partial charge on any atom is 0.322 e. The van der Waals surface area contributed by atoms with Gasteiger partial charge in [0.05, 0.1) is 76.2 Å². The molecule has 8 rings (SSSR count). The van der Waals surface area contributed by atoms with Crippen LogP contribution >= 0.6 is 0 Å². The quantitative estimate of drug-likeness (QED) is 0.0235. The van der Waals surface area contributed by atoms with Crippen LogP contribution in [0.3, 0.4) is 0 Å². The van der Waals surface area contributed by atoms with E-state index in [1.165, 1.54) is 18.2 Å². The maximum atomic E-state index is 13.9. The normalized spacial score (nSPS) is 16.4. The second-order valence-electron chi connectivity index (χ2n) is 20.8. The Kier molecular flexibility index (Phi) is 26.2. The second kappa shape index (κ2) is 35.3. The number of aromatic nitrogens is 2. The van der Waals surface area contributed by atoms with E-state index < -0.39 is 35.6 Å². The number of nitrogens with one attached hydrogen (secondary N) is 4. The van der Waals surface area contributed by atoms with E-state index in [-0.39, 0.29) is 54.4 Å². The van der Waals surface area contributed by atoms with Crippen LogP contribution < -0.4 is 35.6 Å². The molecule has 2 fully saturated rings. The third-order valence-corrected chi connectivity index (χ3v) is 14.6. The predicted octanol–water partition coefficient (Wildman–Crippen LogP) is 6.79. The number of ether oxygens (including phenoxy) is 8. The fraction of sp³-hybridized carbons (Fsp3) is 0.453. The Balaban J connectivity index is 0.586. The van der Waals surface area contributed by atoms with Gasteiger partial charge in [0.2, 0.25) is 17.7 Å². The zero-order valence-electron chi connectivity index (χ0n) is 49.0. The molecule has 0 radical (unpaired) electrons. The summed E-state index contributed by atoms with van der Waals surface area (Å²) in [5.41, 5.74) is 4.34. The van der Waals surface area contributed by atoms with Gasteiger partial charge in [0.25, 0.3) is 17.7 Å². The third kappa shape index (κ3) is 20.4. The first-order valence-electron chi connectivity index (χ1n) is 29.8. The molecule has 462 valence electrons. The van der Waals surface area contributed by atoms with E-state index in [1.807, 2.05) is 77.7 Å². The first-order valence-corrected chi connectivity index (χ1v) is 29.8. The number of carbonyl (C=O) groups excluding carboxylic acids is 6. The second-order valence-corrected chi connectivity index (χ2v) is 20.8. The highest BCUT2D eigenvalue weighted by atomic mass is 16.6. The van der Waals surface area contributed by atoms with Gasteiger partial charge in [-0.25, -0.2) is 14.8 Å². The molecule has 1 atom stereocenters. The Morgan fingerprint density at radius 1 is 0.644 bits per heavy atom. The minimum absolute atomic E-state index is 0.00569. The molecule has 2 aromatic heterocycles. The number of amides is 7. The first-order chi connectivity index (χ1) is 42.6. The molecule has 1 aliphatic carbocycles. The van der Waals surface area contributed by atoms with Crippen molar-refractivity contribution in [1.29, 1.82) is 5.26 Å². The number of pyridine rings is 2. The number of hydrogen-bond acceptors (Lipinski definition) is 18. The van der Waals surface area contributed by atoms with Gasteiger partial charge in [-0.3, -0.25) is 39.1 Å². The lowest BCUT2D eigenvalue weighted by Gasteiger charge is -2.37. The number of hydrogen-bond donors (Lipinski definition) is 4. The lowest BCUT2D eigenvalue weighted by molar-refractivity contribution is -0.136.